The summed E-state index contributed by atoms with van der Waals surface area (Å²) in [6.45, 7) is 14.4. The van der Waals surface area contributed by atoms with Gasteiger partial charge >= 0.3 is 5.72 Å². The first-order valence-corrected chi connectivity index (χ1v) is 24.1. The zero-order valence-electron chi connectivity index (χ0n) is 28.0. The minimum Gasteiger partial charge on any atom is -0.390 e. The third-order valence-corrected chi connectivity index (χ3v) is 17.9. The first kappa shape index (κ1) is 46.1. The maximum absolute atomic E-state index is 11.9. The average Bonchev–Trinajstić information content (AvgIpc) is 3.43. The molecule has 0 bridgehead atoms. The van der Waals surface area contributed by atoms with E-state index in [0.29, 0.717) is 0 Å². The van der Waals surface area contributed by atoms with Crippen LogP contribution in [0.25, 0.3) is 4.85 Å². The highest BCUT2D eigenvalue weighted by atomic mass is 31.2. The zero-order valence-corrected chi connectivity index (χ0v) is 31.6. The molecule has 0 aliphatic carbocycles. The Morgan fingerprint density at radius 1 is 0.854 bits per heavy atom. The second-order valence-electron chi connectivity index (χ2n) is 13.3. The summed E-state index contributed by atoms with van der Waals surface area (Å²) >= 11 is 0. The molecule has 21 heteroatoms. The van der Waals surface area contributed by atoms with E-state index in [1.807, 2.05) is 0 Å². The van der Waals surface area contributed by atoms with Crippen molar-refractivity contribution in [2.45, 2.75) is 81.4 Å². The fraction of sp³-hybridized carbons (Fsp3) is 0.815. The molecule has 270 valence electrons. The topological polar surface area (TPSA) is 228 Å². The molecule has 3 fully saturated rings. The van der Waals surface area contributed by atoms with Crippen LogP contribution in [0.4, 0.5) is 0 Å². The highest BCUT2D eigenvalue weighted by molar-refractivity contribution is 7.81. The van der Waals surface area contributed by atoms with Crippen LogP contribution in [-0.2, 0) is 23.3 Å². The van der Waals surface area contributed by atoms with Crippen molar-refractivity contribution in [2.75, 3.05) is 37.9 Å². The number of rotatable bonds is 10. The predicted molar refractivity (Wildman–Crippen MR) is 194 cm³/mol. The van der Waals surface area contributed by atoms with E-state index in [1.165, 1.54) is 19.4 Å². The standard InChI is InChI=1S/C10H21BO5P2.C10H19BO5P2.C7H10BNO3/c2*1-7-9(12)8(16-10(7)11)4-5-18(14,15)6-17(2,3)13;1-4-5(11)7(3-10,9-2)12-6(4)8/h7-10,12-13H,2,4-6H2,1,3H3,(H,14,15);4-5,7-10,12-13H,2,6H2,1,3H3,(H,14,15);4-6,10-11H,3H2,1H3/b;5-4+;/t2*7-,8+,9?,10+,17?;4-,5?,6+,7+/m000/s1. The summed E-state index contributed by atoms with van der Waals surface area (Å²) in [5.74, 6) is -0.0691. The van der Waals surface area contributed by atoms with Gasteiger partial charge in [-0.05, 0) is 31.6 Å². The van der Waals surface area contributed by atoms with Crippen LogP contribution in [0.3, 0.4) is 0 Å². The van der Waals surface area contributed by atoms with Crippen molar-refractivity contribution < 1.29 is 63.3 Å². The minimum absolute atomic E-state index is 0.000162. The maximum atomic E-state index is 11.9. The molecule has 0 spiro atoms. The van der Waals surface area contributed by atoms with Crippen LogP contribution in [-0.4, -0.2) is 168 Å². The summed E-state index contributed by atoms with van der Waals surface area (Å²) in [6.07, 6.45) is 4.84. The number of hydrogen-bond donors (Lipinski definition) is 8. The molecule has 3 rings (SSSR count). The number of ether oxygens (including phenoxy) is 3. The molecule has 3 aliphatic heterocycles. The van der Waals surface area contributed by atoms with E-state index >= 15 is 0 Å². The van der Waals surface area contributed by atoms with Crippen molar-refractivity contribution >= 4 is 65.1 Å². The van der Waals surface area contributed by atoms with Crippen LogP contribution in [0.1, 0.15) is 27.2 Å². The van der Waals surface area contributed by atoms with Gasteiger partial charge in [0.15, 0.2) is 12.7 Å². The van der Waals surface area contributed by atoms with Crippen LogP contribution in [0.15, 0.2) is 11.9 Å². The van der Waals surface area contributed by atoms with Crippen molar-refractivity contribution in [3.8, 4) is 0 Å². The van der Waals surface area contributed by atoms with Gasteiger partial charge in [-0.2, -0.15) is 0 Å². The summed E-state index contributed by atoms with van der Waals surface area (Å²) in [5, 5.41) is 38.0. The van der Waals surface area contributed by atoms with E-state index in [-0.39, 0.29) is 42.1 Å². The van der Waals surface area contributed by atoms with Crippen molar-refractivity contribution in [3.63, 3.8) is 0 Å². The van der Waals surface area contributed by atoms with Crippen LogP contribution in [0.2, 0.25) is 0 Å². The molecule has 6 radical (unpaired) electrons. The fourth-order valence-electron chi connectivity index (χ4n) is 5.06. The molecule has 3 aliphatic rings. The van der Waals surface area contributed by atoms with E-state index in [1.54, 1.807) is 20.8 Å². The molecule has 0 aromatic heterocycles. The van der Waals surface area contributed by atoms with Crippen molar-refractivity contribution in [3.05, 3.63) is 23.3 Å². The molecule has 7 unspecified atom stereocenters. The highest BCUT2D eigenvalue weighted by Crippen LogP contribution is 2.56. The van der Waals surface area contributed by atoms with Gasteiger partial charge in [-0.25, -0.2) is 6.57 Å². The normalized spacial score (nSPS) is 41.4. The number of hydrogen-bond acceptors (Lipinski definition) is 11. The molecular weight excluding hydrogens is 703 g/mol. The third kappa shape index (κ3) is 14.2. The zero-order chi connectivity index (χ0) is 37.6. The largest absolute Gasteiger partial charge is 0.390 e. The Bertz CT molecular complexity index is 1330. The Kier molecular flexibility index (Phi) is 17.5. The molecule has 3 saturated heterocycles. The van der Waals surface area contributed by atoms with Gasteiger partial charge in [0, 0.05) is 56.2 Å². The molecule has 3 heterocycles. The molecule has 0 aromatic rings. The van der Waals surface area contributed by atoms with E-state index in [2.05, 4.69) is 17.4 Å². The van der Waals surface area contributed by atoms with E-state index in [9.17, 15) is 44.0 Å². The van der Waals surface area contributed by atoms with E-state index in [0.717, 1.165) is 5.82 Å². The lowest BCUT2D eigenvalue weighted by atomic mass is 9.85. The molecule has 14 nitrogen and oxygen atoms in total. The SMILES string of the molecule is [B][C@@H]1O[C@@](CO)([N+]#[C-])C(O)[C@@H]1C.[B][C@@H]1O[C@H](/C=C/P(=O)(O)CP(=C)(C)O)C(O)[C@@H]1C.[B][C@@H]1O[C@H](CCP(=O)(O)CP(=C)(C)O)C(O)[C@@H]1C. The second kappa shape index (κ2) is 18.2. The summed E-state index contributed by atoms with van der Waals surface area (Å²) in [4.78, 5) is 41.5. The van der Waals surface area contributed by atoms with Gasteiger partial charge in [-0.1, -0.05) is 33.4 Å². The van der Waals surface area contributed by atoms with Crippen LogP contribution in [0, 0.1) is 24.3 Å². The van der Waals surface area contributed by atoms with Crippen LogP contribution >= 0.6 is 29.0 Å². The first-order valence-electron chi connectivity index (χ1n) is 15.1. The minimum atomic E-state index is -3.61. The molecular formula is C27H50B3NO13P4. The summed E-state index contributed by atoms with van der Waals surface area (Å²) in [6, 6.07) is -1.80. The molecule has 0 amide bonds. The number of aliphatic hydroxyl groups excluding tert-OH is 4. The number of aliphatic hydroxyl groups is 4. The Balaban J connectivity index is 0.000000368. The monoisotopic (exact) mass is 753 g/mol. The van der Waals surface area contributed by atoms with Crippen molar-refractivity contribution in [2.24, 2.45) is 17.8 Å². The molecule has 8 N–H and O–H groups in total. The molecule has 0 saturated carbocycles. The van der Waals surface area contributed by atoms with Gasteiger partial charge in [-0.3, -0.25) is 14.0 Å². The lowest BCUT2D eigenvalue weighted by Crippen LogP contribution is -2.41. The summed E-state index contributed by atoms with van der Waals surface area (Å²) in [7, 11) is 4.56. The lowest BCUT2D eigenvalue weighted by molar-refractivity contribution is -0.0654. The quantitative estimate of drug-likeness (QED) is 0.0849. The molecule has 48 heavy (non-hydrogen) atoms. The third-order valence-electron chi connectivity index (χ3n) is 8.02. The summed E-state index contributed by atoms with van der Waals surface area (Å²) < 4.78 is 39.2. The fourth-order valence-corrected chi connectivity index (χ4v) is 14.4. The van der Waals surface area contributed by atoms with Crippen molar-refractivity contribution in [1.82, 2.24) is 0 Å². The predicted octanol–water partition coefficient (Wildman–Crippen LogP) is 0.203. The van der Waals surface area contributed by atoms with Crippen LogP contribution < -0.4 is 0 Å². The summed E-state index contributed by atoms with van der Waals surface area (Å²) in [5.41, 5.74) is -1.54. The van der Waals surface area contributed by atoms with Gasteiger partial charge in [0.1, 0.15) is 29.6 Å². The Morgan fingerprint density at radius 3 is 1.69 bits per heavy atom. The second-order valence-corrected chi connectivity index (χ2v) is 24.9. The number of nitrogens with zero attached hydrogens (tertiary/aromatic N) is 1. The van der Waals surface area contributed by atoms with Gasteiger partial charge in [0.25, 0.3) is 0 Å². The van der Waals surface area contributed by atoms with Gasteiger partial charge in [0.2, 0.25) is 14.7 Å². The average molecular weight is 753 g/mol. The molecule has 0 aromatic carbocycles. The maximum Gasteiger partial charge on any atom is 0.385 e. The Hall–Kier alpha value is 0.0448. The van der Waals surface area contributed by atoms with Crippen LogP contribution in [0.5, 0.6) is 0 Å². The van der Waals surface area contributed by atoms with Gasteiger partial charge < -0.3 is 54.2 Å². The Labute approximate surface area is 288 Å². The van der Waals surface area contributed by atoms with E-state index in [4.69, 9.17) is 49.4 Å². The highest BCUT2D eigenvalue weighted by Gasteiger charge is 2.57. The smallest absolute Gasteiger partial charge is 0.385 e. The van der Waals surface area contributed by atoms with Gasteiger partial charge in [0.05, 0.1) is 30.1 Å². The lowest BCUT2D eigenvalue weighted by Gasteiger charge is -2.20. The van der Waals surface area contributed by atoms with Gasteiger partial charge in [-0.15, -0.1) is 0 Å². The van der Waals surface area contributed by atoms with Crippen molar-refractivity contribution in [1.29, 1.82) is 0 Å². The van der Waals surface area contributed by atoms with E-state index < -0.39 is 89.8 Å². The Morgan fingerprint density at radius 2 is 1.35 bits per heavy atom. The first-order chi connectivity index (χ1) is 21.6. The molecule has 16 atom stereocenters.